The summed E-state index contributed by atoms with van der Waals surface area (Å²) in [6.07, 6.45) is 0. The highest BCUT2D eigenvalue weighted by molar-refractivity contribution is 6.30. The quantitative estimate of drug-likeness (QED) is 0.466. The molecule has 2 amide bonds. The molecular formula is C16H13ClFN3O4. The lowest BCUT2D eigenvalue weighted by molar-refractivity contribution is -0.384. The SMILES string of the molecule is O=C(NCCNC(=O)c1cc([N+](=O)[O-])ccc1F)c1ccc(Cl)cc1. The van der Waals surface area contributed by atoms with Gasteiger partial charge in [0, 0.05) is 35.8 Å². The Morgan fingerprint density at radius 1 is 1.04 bits per heavy atom. The second-order valence-electron chi connectivity index (χ2n) is 4.94. The Hall–Kier alpha value is -3.00. The second-order valence-corrected chi connectivity index (χ2v) is 5.38. The fourth-order valence-electron chi connectivity index (χ4n) is 1.95. The lowest BCUT2D eigenvalue weighted by Gasteiger charge is -2.08. The number of nitro benzene ring substituents is 1. The Kier molecular flexibility index (Phi) is 6.02. The number of nitrogens with zero attached hydrogens (tertiary/aromatic N) is 1. The standard InChI is InChI=1S/C16H13ClFN3O4/c17-11-3-1-10(2-4-11)15(22)19-7-8-20-16(23)13-9-12(21(24)25)5-6-14(13)18/h1-6,9H,7-8H2,(H,19,22)(H,20,23). The molecule has 9 heteroatoms. The minimum Gasteiger partial charge on any atom is -0.350 e. The summed E-state index contributed by atoms with van der Waals surface area (Å²) in [7, 11) is 0. The number of nitrogens with one attached hydrogen (secondary N) is 2. The monoisotopic (exact) mass is 365 g/mol. The van der Waals surface area contributed by atoms with Gasteiger partial charge in [-0.1, -0.05) is 11.6 Å². The van der Waals surface area contributed by atoms with Crippen molar-refractivity contribution < 1.29 is 18.9 Å². The van der Waals surface area contributed by atoms with E-state index in [1.54, 1.807) is 24.3 Å². The van der Waals surface area contributed by atoms with Crippen molar-refractivity contribution in [3.8, 4) is 0 Å². The van der Waals surface area contributed by atoms with Crippen LogP contribution < -0.4 is 10.6 Å². The van der Waals surface area contributed by atoms with Gasteiger partial charge in [0.25, 0.3) is 17.5 Å². The van der Waals surface area contributed by atoms with Crippen molar-refractivity contribution in [2.24, 2.45) is 0 Å². The topological polar surface area (TPSA) is 101 Å². The third-order valence-electron chi connectivity index (χ3n) is 3.21. The summed E-state index contributed by atoms with van der Waals surface area (Å²) in [6, 6.07) is 8.93. The molecule has 0 fully saturated rings. The highest BCUT2D eigenvalue weighted by Gasteiger charge is 2.16. The molecule has 7 nitrogen and oxygen atoms in total. The van der Waals surface area contributed by atoms with Crippen LogP contribution in [-0.2, 0) is 0 Å². The molecule has 0 atom stereocenters. The Balaban J connectivity index is 1.86. The van der Waals surface area contributed by atoms with Crippen molar-refractivity contribution in [3.63, 3.8) is 0 Å². The lowest BCUT2D eigenvalue weighted by Crippen LogP contribution is -2.35. The van der Waals surface area contributed by atoms with Crippen molar-refractivity contribution in [2.45, 2.75) is 0 Å². The van der Waals surface area contributed by atoms with E-state index in [9.17, 15) is 24.1 Å². The van der Waals surface area contributed by atoms with Crippen LogP contribution in [0.2, 0.25) is 5.02 Å². The zero-order valence-corrected chi connectivity index (χ0v) is 13.5. The predicted molar refractivity (Wildman–Crippen MR) is 89.2 cm³/mol. The number of benzene rings is 2. The first-order valence-corrected chi connectivity index (χ1v) is 7.52. The molecule has 2 aromatic carbocycles. The van der Waals surface area contributed by atoms with E-state index in [4.69, 9.17) is 11.6 Å². The smallest absolute Gasteiger partial charge is 0.270 e. The molecule has 0 unspecified atom stereocenters. The summed E-state index contributed by atoms with van der Waals surface area (Å²) in [4.78, 5) is 33.7. The van der Waals surface area contributed by atoms with Crippen molar-refractivity contribution in [2.75, 3.05) is 13.1 Å². The molecule has 0 saturated carbocycles. The first-order chi connectivity index (χ1) is 11.9. The number of non-ortho nitro benzene ring substituents is 1. The van der Waals surface area contributed by atoms with E-state index in [-0.39, 0.29) is 24.7 Å². The molecule has 2 rings (SSSR count). The Labute approximate surface area is 146 Å². The molecule has 0 spiro atoms. The molecule has 0 saturated heterocycles. The van der Waals surface area contributed by atoms with Crippen LogP contribution in [0.5, 0.6) is 0 Å². The minimum atomic E-state index is -0.867. The van der Waals surface area contributed by atoms with E-state index in [0.29, 0.717) is 10.6 Å². The van der Waals surface area contributed by atoms with Gasteiger partial charge >= 0.3 is 0 Å². The van der Waals surface area contributed by atoms with Crippen molar-refractivity contribution >= 4 is 29.1 Å². The van der Waals surface area contributed by atoms with Crippen LogP contribution in [0.15, 0.2) is 42.5 Å². The van der Waals surface area contributed by atoms with Crippen LogP contribution in [0.25, 0.3) is 0 Å². The molecule has 0 aromatic heterocycles. The number of hydrogen-bond acceptors (Lipinski definition) is 4. The first-order valence-electron chi connectivity index (χ1n) is 7.14. The highest BCUT2D eigenvalue weighted by Crippen LogP contribution is 2.16. The fourth-order valence-corrected chi connectivity index (χ4v) is 2.08. The minimum absolute atomic E-state index is 0.0281. The molecular weight excluding hydrogens is 353 g/mol. The van der Waals surface area contributed by atoms with E-state index in [0.717, 1.165) is 18.2 Å². The predicted octanol–water partition coefficient (Wildman–Crippen LogP) is 2.55. The number of rotatable bonds is 6. The molecule has 130 valence electrons. The molecule has 0 aliphatic heterocycles. The van der Waals surface area contributed by atoms with Crippen LogP contribution >= 0.6 is 11.6 Å². The lowest BCUT2D eigenvalue weighted by atomic mass is 10.1. The van der Waals surface area contributed by atoms with E-state index >= 15 is 0 Å². The van der Waals surface area contributed by atoms with Crippen molar-refractivity contribution in [1.82, 2.24) is 10.6 Å². The molecule has 0 radical (unpaired) electrons. The van der Waals surface area contributed by atoms with E-state index in [1.165, 1.54) is 0 Å². The zero-order valence-electron chi connectivity index (χ0n) is 12.8. The third kappa shape index (κ3) is 4.98. The van der Waals surface area contributed by atoms with Gasteiger partial charge < -0.3 is 10.6 Å². The van der Waals surface area contributed by atoms with Gasteiger partial charge in [-0.2, -0.15) is 0 Å². The van der Waals surface area contributed by atoms with Gasteiger partial charge in [0.15, 0.2) is 0 Å². The molecule has 0 heterocycles. The van der Waals surface area contributed by atoms with Crippen LogP contribution in [0.1, 0.15) is 20.7 Å². The Morgan fingerprint density at radius 2 is 1.64 bits per heavy atom. The Morgan fingerprint density at radius 3 is 2.24 bits per heavy atom. The van der Waals surface area contributed by atoms with Gasteiger partial charge in [0.05, 0.1) is 10.5 Å². The van der Waals surface area contributed by atoms with Gasteiger partial charge in [-0.25, -0.2) is 4.39 Å². The van der Waals surface area contributed by atoms with Gasteiger partial charge in [-0.3, -0.25) is 19.7 Å². The van der Waals surface area contributed by atoms with E-state index < -0.39 is 22.2 Å². The fraction of sp³-hybridized carbons (Fsp3) is 0.125. The number of carbonyl (C=O) groups is 2. The normalized spacial score (nSPS) is 10.2. The number of hydrogen-bond donors (Lipinski definition) is 2. The molecule has 0 aliphatic rings. The van der Waals surface area contributed by atoms with Crippen LogP contribution in [0.3, 0.4) is 0 Å². The van der Waals surface area contributed by atoms with Gasteiger partial charge in [-0.15, -0.1) is 0 Å². The molecule has 2 aromatic rings. The van der Waals surface area contributed by atoms with Crippen LogP contribution in [0.4, 0.5) is 10.1 Å². The van der Waals surface area contributed by atoms with Crippen molar-refractivity contribution in [3.05, 3.63) is 74.5 Å². The molecule has 0 bridgehead atoms. The average Bonchev–Trinajstić information content (AvgIpc) is 2.59. The van der Waals surface area contributed by atoms with Gasteiger partial charge in [0.1, 0.15) is 5.82 Å². The first kappa shape index (κ1) is 18.3. The van der Waals surface area contributed by atoms with Crippen LogP contribution in [0, 0.1) is 15.9 Å². The third-order valence-corrected chi connectivity index (χ3v) is 3.46. The highest BCUT2D eigenvalue weighted by atomic mass is 35.5. The summed E-state index contributed by atoms with van der Waals surface area (Å²) < 4.78 is 13.6. The largest absolute Gasteiger partial charge is 0.350 e. The summed E-state index contributed by atoms with van der Waals surface area (Å²) in [5, 5.41) is 16.1. The van der Waals surface area contributed by atoms with E-state index in [1.807, 2.05) is 0 Å². The summed E-state index contributed by atoms with van der Waals surface area (Å²) in [6.45, 7) is 0.129. The molecule has 2 N–H and O–H groups in total. The molecule has 25 heavy (non-hydrogen) atoms. The van der Waals surface area contributed by atoms with Crippen LogP contribution in [-0.4, -0.2) is 29.8 Å². The number of nitro groups is 1. The summed E-state index contributed by atoms with van der Waals surface area (Å²) in [5.41, 5.74) is -0.415. The summed E-state index contributed by atoms with van der Waals surface area (Å²) >= 11 is 5.73. The summed E-state index contributed by atoms with van der Waals surface area (Å²) in [5.74, 6) is -2.03. The average molecular weight is 366 g/mol. The number of amides is 2. The maximum Gasteiger partial charge on any atom is 0.270 e. The maximum atomic E-state index is 13.6. The Bertz CT molecular complexity index is 812. The van der Waals surface area contributed by atoms with E-state index in [2.05, 4.69) is 10.6 Å². The number of carbonyl (C=O) groups excluding carboxylic acids is 2. The van der Waals surface area contributed by atoms with Crippen molar-refractivity contribution in [1.29, 1.82) is 0 Å². The van der Waals surface area contributed by atoms with Gasteiger partial charge in [0.2, 0.25) is 0 Å². The number of halogens is 2. The second kappa shape index (κ2) is 8.20. The maximum absolute atomic E-state index is 13.6. The molecule has 0 aliphatic carbocycles. The zero-order chi connectivity index (χ0) is 18.4. The van der Waals surface area contributed by atoms with Gasteiger partial charge in [-0.05, 0) is 30.3 Å².